The van der Waals surface area contributed by atoms with Gasteiger partial charge in [0.1, 0.15) is 0 Å². The molecule has 0 radical (unpaired) electrons. The molecule has 0 bridgehead atoms. The normalized spacial score (nSPS) is 12.5. The number of benzene rings is 2. The predicted octanol–water partition coefficient (Wildman–Crippen LogP) is 3.53. The van der Waals surface area contributed by atoms with Gasteiger partial charge >= 0.3 is 0 Å². The smallest absolute Gasteiger partial charge is 0.0890 e. The van der Waals surface area contributed by atoms with Gasteiger partial charge in [-0.05, 0) is 30.2 Å². The van der Waals surface area contributed by atoms with Crippen molar-refractivity contribution >= 4 is 22.6 Å². The highest BCUT2D eigenvalue weighted by molar-refractivity contribution is 6.31. The fraction of sp³-hybridized carbons (Fsp3) is 0.125. The molecule has 0 aliphatic heterocycles. The summed E-state index contributed by atoms with van der Waals surface area (Å²) >= 11 is 6.16. The zero-order valence-corrected chi connectivity index (χ0v) is 11.6. The van der Waals surface area contributed by atoms with Gasteiger partial charge in [0.15, 0.2) is 0 Å². The Morgan fingerprint density at radius 1 is 1.00 bits per heavy atom. The maximum Gasteiger partial charge on any atom is 0.0890 e. The van der Waals surface area contributed by atoms with Crippen LogP contribution in [0.1, 0.15) is 17.3 Å². The highest BCUT2D eigenvalue weighted by Gasteiger charge is 2.11. The lowest BCUT2D eigenvalue weighted by molar-refractivity contribution is 0.696. The van der Waals surface area contributed by atoms with E-state index < -0.39 is 0 Å². The van der Waals surface area contributed by atoms with Gasteiger partial charge in [-0.15, -0.1) is 0 Å². The lowest BCUT2D eigenvalue weighted by Crippen LogP contribution is -2.15. The Morgan fingerprint density at radius 2 is 1.70 bits per heavy atom. The second kappa shape index (κ2) is 5.57. The van der Waals surface area contributed by atoms with E-state index in [4.69, 9.17) is 17.3 Å². The van der Waals surface area contributed by atoms with Crippen LogP contribution in [0.4, 0.5) is 0 Å². The number of nitrogens with zero attached hydrogens (tertiary/aromatic N) is 2. The summed E-state index contributed by atoms with van der Waals surface area (Å²) in [7, 11) is 0. The number of rotatable bonds is 3. The van der Waals surface area contributed by atoms with E-state index in [0.717, 1.165) is 27.3 Å². The molecule has 0 aliphatic rings. The molecule has 20 heavy (non-hydrogen) atoms. The fourth-order valence-electron chi connectivity index (χ4n) is 2.16. The lowest BCUT2D eigenvalue weighted by Gasteiger charge is -2.12. The highest BCUT2D eigenvalue weighted by Crippen LogP contribution is 2.21. The molecule has 100 valence electrons. The molecule has 3 aromatic rings. The first-order valence-corrected chi connectivity index (χ1v) is 6.82. The SMILES string of the molecule is NC(Cc1ccccc1Cl)c1cnc2ccccc2n1. The number of nitrogens with two attached hydrogens (primary N) is 1. The van der Waals surface area contributed by atoms with Gasteiger partial charge in [0, 0.05) is 5.02 Å². The van der Waals surface area contributed by atoms with Gasteiger partial charge < -0.3 is 5.73 Å². The van der Waals surface area contributed by atoms with Gasteiger partial charge in [0.2, 0.25) is 0 Å². The molecule has 1 heterocycles. The summed E-state index contributed by atoms with van der Waals surface area (Å²) in [6.45, 7) is 0. The summed E-state index contributed by atoms with van der Waals surface area (Å²) in [5.74, 6) is 0. The van der Waals surface area contributed by atoms with Crippen molar-refractivity contribution in [2.24, 2.45) is 5.73 Å². The Hall–Kier alpha value is -1.97. The molecule has 3 nitrogen and oxygen atoms in total. The van der Waals surface area contributed by atoms with Crippen LogP contribution in [0.25, 0.3) is 11.0 Å². The average Bonchev–Trinajstić information content (AvgIpc) is 2.49. The minimum Gasteiger partial charge on any atom is -0.322 e. The Balaban J connectivity index is 1.89. The van der Waals surface area contributed by atoms with Gasteiger partial charge in [-0.3, -0.25) is 4.98 Å². The number of hydrogen-bond donors (Lipinski definition) is 1. The largest absolute Gasteiger partial charge is 0.322 e. The molecule has 0 amide bonds. The van der Waals surface area contributed by atoms with E-state index in [2.05, 4.69) is 9.97 Å². The van der Waals surface area contributed by atoms with Gasteiger partial charge in [-0.2, -0.15) is 0 Å². The van der Waals surface area contributed by atoms with Crippen molar-refractivity contribution in [1.82, 2.24) is 9.97 Å². The Bertz CT molecular complexity index is 742. The van der Waals surface area contributed by atoms with Crippen LogP contribution in [0.15, 0.2) is 54.7 Å². The van der Waals surface area contributed by atoms with Crippen LogP contribution in [-0.2, 0) is 6.42 Å². The zero-order valence-electron chi connectivity index (χ0n) is 10.8. The van der Waals surface area contributed by atoms with E-state index in [1.165, 1.54) is 0 Å². The number of hydrogen-bond acceptors (Lipinski definition) is 3. The molecule has 0 aliphatic carbocycles. The van der Waals surface area contributed by atoms with Gasteiger partial charge in [-0.1, -0.05) is 41.9 Å². The van der Waals surface area contributed by atoms with Crippen LogP contribution >= 0.6 is 11.6 Å². The van der Waals surface area contributed by atoms with Crippen LogP contribution in [-0.4, -0.2) is 9.97 Å². The summed E-state index contributed by atoms with van der Waals surface area (Å²) in [6.07, 6.45) is 2.39. The van der Waals surface area contributed by atoms with E-state index in [1.807, 2.05) is 48.5 Å². The molecule has 0 spiro atoms. The van der Waals surface area contributed by atoms with Crippen molar-refractivity contribution in [3.05, 3.63) is 71.0 Å². The third kappa shape index (κ3) is 2.64. The molecule has 4 heteroatoms. The maximum absolute atomic E-state index is 6.23. The molecule has 0 saturated heterocycles. The molecule has 1 atom stereocenters. The van der Waals surface area contributed by atoms with E-state index >= 15 is 0 Å². The molecule has 2 N–H and O–H groups in total. The predicted molar refractivity (Wildman–Crippen MR) is 81.6 cm³/mol. The Morgan fingerprint density at radius 3 is 2.50 bits per heavy atom. The van der Waals surface area contributed by atoms with Crippen molar-refractivity contribution in [2.75, 3.05) is 0 Å². The van der Waals surface area contributed by atoms with Gasteiger partial charge in [0.25, 0.3) is 0 Å². The van der Waals surface area contributed by atoms with Crippen molar-refractivity contribution in [3.8, 4) is 0 Å². The third-order valence-electron chi connectivity index (χ3n) is 3.24. The first kappa shape index (κ1) is 13.0. The molecule has 0 saturated carbocycles. The topological polar surface area (TPSA) is 51.8 Å². The summed E-state index contributed by atoms with van der Waals surface area (Å²) in [5, 5.41) is 0.733. The summed E-state index contributed by atoms with van der Waals surface area (Å²) < 4.78 is 0. The minimum absolute atomic E-state index is 0.216. The molecule has 3 rings (SSSR count). The van der Waals surface area contributed by atoms with Crippen molar-refractivity contribution in [2.45, 2.75) is 12.5 Å². The highest BCUT2D eigenvalue weighted by atomic mass is 35.5. The van der Waals surface area contributed by atoms with Crippen LogP contribution in [0.2, 0.25) is 5.02 Å². The third-order valence-corrected chi connectivity index (χ3v) is 3.61. The quantitative estimate of drug-likeness (QED) is 0.800. The van der Waals surface area contributed by atoms with E-state index in [-0.39, 0.29) is 6.04 Å². The van der Waals surface area contributed by atoms with Gasteiger partial charge in [0.05, 0.1) is 29.0 Å². The first-order chi connectivity index (χ1) is 9.74. The monoisotopic (exact) mass is 283 g/mol. The minimum atomic E-state index is -0.216. The molecule has 2 aromatic carbocycles. The second-order valence-electron chi connectivity index (χ2n) is 4.69. The van der Waals surface area contributed by atoms with E-state index in [1.54, 1.807) is 6.20 Å². The number of halogens is 1. The van der Waals surface area contributed by atoms with Crippen molar-refractivity contribution in [3.63, 3.8) is 0 Å². The lowest BCUT2D eigenvalue weighted by atomic mass is 10.0. The molecule has 1 aromatic heterocycles. The summed E-state index contributed by atoms with van der Waals surface area (Å²) in [5.41, 5.74) is 9.77. The molecular formula is C16H14ClN3. The Labute approximate surface area is 122 Å². The van der Waals surface area contributed by atoms with Crippen LogP contribution in [0, 0.1) is 0 Å². The second-order valence-corrected chi connectivity index (χ2v) is 5.09. The standard InChI is InChI=1S/C16H14ClN3/c17-12-6-2-1-5-11(12)9-13(18)16-10-19-14-7-3-4-8-15(14)20-16/h1-8,10,13H,9,18H2. The molecule has 0 fully saturated rings. The van der Waals surface area contributed by atoms with E-state index in [9.17, 15) is 0 Å². The first-order valence-electron chi connectivity index (χ1n) is 6.45. The molecular weight excluding hydrogens is 270 g/mol. The van der Waals surface area contributed by atoms with Gasteiger partial charge in [-0.25, -0.2) is 4.98 Å². The summed E-state index contributed by atoms with van der Waals surface area (Å²) in [4.78, 5) is 8.96. The maximum atomic E-state index is 6.23. The average molecular weight is 284 g/mol. The fourth-order valence-corrected chi connectivity index (χ4v) is 2.37. The number of aromatic nitrogens is 2. The summed E-state index contributed by atoms with van der Waals surface area (Å²) in [6, 6.07) is 15.3. The van der Waals surface area contributed by atoms with E-state index in [0.29, 0.717) is 6.42 Å². The molecule has 1 unspecified atom stereocenters. The zero-order chi connectivity index (χ0) is 13.9. The number of para-hydroxylation sites is 2. The van der Waals surface area contributed by atoms with Crippen molar-refractivity contribution in [1.29, 1.82) is 0 Å². The van der Waals surface area contributed by atoms with Crippen LogP contribution in [0.3, 0.4) is 0 Å². The van der Waals surface area contributed by atoms with Crippen LogP contribution < -0.4 is 5.73 Å². The Kier molecular flexibility index (Phi) is 3.63. The van der Waals surface area contributed by atoms with Crippen molar-refractivity contribution < 1.29 is 0 Å². The number of fused-ring (bicyclic) bond motifs is 1. The van der Waals surface area contributed by atoms with Crippen LogP contribution in [0.5, 0.6) is 0 Å².